The number of hydrogen-bond acceptors (Lipinski definition) is 2. The van der Waals surface area contributed by atoms with Crippen molar-refractivity contribution in [3.05, 3.63) is 55.4 Å². The van der Waals surface area contributed by atoms with Crippen LogP contribution in [0.15, 0.2) is 39.3 Å². The second kappa shape index (κ2) is 5.48. The summed E-state index contributed by atoms with van der Waals surface area (Å²) in [7, 11) is 0. The quantitative estimate of drug-likeness (QED) is 0.623. The zero-order valence-electron chi connectivity index (χ0n) is 10.5. The highest BCUT2D eigenvalue weighted by molar-refractivity contribution is 9.11. The van der Waals surface area contributed by atoms with Gasteiger partial charge in [0.05, 0.1) is 5.69 Å². The molecule has 0 saturated carbocycles. The van der Waals surface area contributed by atoms with Gasteiger partial charge in [-0.05, 0) is 52.3 Å². The highest BCUT2D eigenvalue weighted by Gasteiger charge is 2.26. The van der Waals surface area contributed by atoms with Crippen LogP contribution in [0.5, 0.6) is 5.75 Å². The van der Waals surface area contributed by atoms with Crippen LogP contribution < -0.4 is 5.32 Å². The molecule has 0 fully saturated rings. The van der Waals surface area contributed by atoms with Crippen LogP contribution in [0.25, 0.3) is 11.6 Å². The summed E-state index contributed by atoms with van der Waals surface area (Å²) in [5, 5.41) is 13.2. The van der Waals surface area contributed by atoms with Crippen molar-refractivity contribution in [1.82, 2.24) is 0 Å². The van der Waals surface area contributed by atoms with Gasteiger partial charge in [0.15, 0.2) is 0 Å². The van der Waals surface area contributed by atoms with Gasteiger partial charge in [0, 0.05) is 30.7 Å². The van der Waals surface area contributed by atoms with E-state index in [2.05, 4.69) is 37.2 Å². The first kappa shape index (κ1) is 14.6. The minimum atomic E-state index is -0.219. The molecule has 2 aromatic rings. The molecule has 106 valence electrons. The normalized spacial score (nSPS) is 15.2. The van der Waals surface area contributed by atoms with Crippen molar-refractivity contribution in [3.8, 4) is 5.75 Å². The average Bonchev–Trinajstić information content (AvgIpc) is 2.72. The Morgan fingerprint density at radius 2 is 1.95 bits per heavy atom. The number of phenols is 1. The standard InChI is InChI=1S/C15H8Br2ClNO2/c16-8-5-10-11(15(21)19-14(10)12(17)6-8)4-7-3-9(18)1-2-13(7)20/h1-6,20H,(H,19,21). The first-order valence-corrected chi connectivity index (χ1v) is 7.93. The van der Waals surface area contributed by atoms with E-state index in [0.29, 0.717) is 16.2 Å². The lowest BCUT2D eigenvalue weighted by atomic mass is 10.0. The summed E-state index contributed by atoms with van der Waals surface area (Å²) in [6.07, 6.45) is 1.63. The van der Waals surface area contributed by atoms with Crippen LogP contribution in [0, 0.1) is 0 Å². The molecule has 1 heterocycles. The van der Waals surface area contributed by atoms with E-state index in [0.717, 1.165) is 20.2 Å². The van der Waals surface area contributed by atoms with Gasteiger partial charge >= 0.3 is 0 Å². The molecule has 1 aliphatic rings. The molecule has 3 nitrogen and oxygen atoms in total. The lowest BCUT2D eigenvalue weighted by Gasteiger charge is -2.04. The molecule has 0 atom stereocenters. The largest absolute Gasteiger partial charge is 0.507 e. The molecule has 0 saturated heterocycles. The summed E-state index contributed by atoms with van der Waals surface area (Å²) >= 11 is 12.8. The molecule has 2 aromatic carbocycles. The van der Waals surface area contributed by atoms with E-state index in [1.165, 1.54) is 6.07 Å². The molecule has 0 aromatic heterocycles. The van der Waals surface area contributed by atoms with Gasteiger partial charge < -0.3 is 10.4 Å². The van der Waals surface area contributed by atoms with E-state index in [1.54, 1.807) is 18.2 Å². The highest BCUT2D eigenvalue weighted by atomic mass is 79.9. The molecule has 21 heavy (non-hydrogen) atoms. The first-order chi connectivity index (χ1) is 9.95. The van der Waals surface area contributed by atoms with Gasteiger partial charge in [-0.2, -0.15) is 0 Å². The van der Waals surface area contributed by atoms with Crippen LogP contribution in [0.1, 0.15) is 11.1 Å². The third kappa shape index (κ3) is 2.73. The van der Waals surface area contributed by atoms with E-state index >= 15 is 0 Å². The Kier molecular flexibility index (Phi) is 3.82. The number of carbonyl (C=O) groups excluding carboxylic acids is 1. The summed E-state index contributed by atoms with van der Waals surface area (Å²) in [6.45, 7) is 0. The Balaban J connectivity index is 2.19. The SMILES string of the molecule is O=C1Nc2c(Br)cc(Br)cc2C1=Cc1cc(Cl)ccc1O. The number of anilines is 1. The van der Waals surface area contributed by atoms with Crippen molar-refractivity contribution in [1.29, 1.82) is 0 Å². The van der Waals surface area contributed by atoms with Gasteiger partial charge in [0.25, 0.3) is 5.91 Å². The summed E-state index contributed by atoms with van der Waals surface area (Å²) in [5.41, 5.74) is 2.46. The van der Waals surface area contributed by atoms with Gasteiger partial charge in [0.1, 0.15) is 5.75 Å². The molecule has 0 unspecified atom stereocenters. The minimum absolute atomic E-state index is 0.0715. The van der Waals surface area contributed by atoms with Gasteiger partial charge in [-0.25, -0.2) is 0 Å². The van der Waals surface area contributed by atoms with Crippen LogP contribution in [0.4, 0.5) is 5.69 Å². The Morgan fingerprint density at radius 3 is 2.71 bits per heavy atom. The fourth-order valence-corrected chi connectivity index (χ4v) is 3.66. The Morgan fingerprint density at radius 1 is 1.19 bits per heavy atom. The average molecular weight is 429 g/mol. The summed E-state index contributed by atoms with van der Waals surface area (Å²) in [5.74, 6) is -0.148. The molecule has 3 rings (SSSR count). The molecule has 0 radical (unpaired) electrons. The zero-order valence-corrected chi connectivity index (χ0v) is 14.4. The lowest BCUT2D eigenvalue weighted by molar-refractivity contribution is -0.110. The monoisotopic (exact) mass is 427 g/mol. The van der Waals surface area contributed by atoms with Gasteiger partial charge in [-0.15, -0.1) is 0 Å². The van der Waals surface area contributed by atoms with E-state index < -0.39 is 0 Å². The number of amides is 1. The summed E-state index contributed by atoms with van der Waals surface area (Å²) in [6, 6.07) is 8.42. The second-order valence-corrected chi connectivity index (χ2v) is 6.73. The van der Waals surface area contributed by atoms with E-state index in [-0.39, 0.29) is 11.7 Å². The van der Waals surface area contributed by atoms with E-state index in [1.807, 2.05) is 12.1 Å². The predicted molar refractivity (Wildman–Crippen MR) is 91.5 cm³/mol. The zero-order chi connectivity index (χ0) is 15.1. The summed E-state index contributed by atoms with van der Waals surface area (Å²) < 4.78 is 1.64. The Bertz CT molecular complexity index is 803. The smallest absolute Gasteiger partial charge is 0.256 e. The third-order valence-corrected chi connectivity index (χ3v) is 4.44. The van der Waals surface area contributed by atoms with Crippen LogP contribution in [-0.4, -0.2) is 11.0 Å². The second-order valence-electron chi connectivity index (χ2n) is 4.53. The van der Waals surface area contributed by atoms with Crippen LogP contribution >= 0.6 is 43.5 Å². The number of carbonyl (C=O) groups is 1. The maximum Gasteiger partial charge on any atom is 0.256 e. The third-order valence-electron chi connectivity index (χ3n) is 3.12. The van der Waals surface area contributed by atoms with Crippen molar-refractivity contribution in [3.63, 3.8) is 0 Å². The number of fused-ring (bicyclic) bond motifs is 1. The van der Waals surface area contributed by atoms with Crippen molar-refractivity contribution in [2.75, 3.05) is 5.32 Å². The van der Waals surface area contributed by atoms with Crippen LogP contribution in [0.3, 0.4) is 0 Å². The maximum atomic E-state index is 12.2. The van der Waals surface area contributed by atoms with Crippen molar-refractivity contribution in [2.45, 2.75) is 0 Å². The van der Waals surface area contributed by atoms with Crippen LogP contribution in [-0.2, 0) is 4.79 Å². The maximum absolute atomic E-state index is 12.2. The number of halogens is 3. The number of hydrogen-bond donors (Lipinski definition) is 2. The predicted octanol–water partition coefficient (Wildman–Crippen LogP) is 5.06. The molecule has 2 N–H and O–H groups in total. The molecule has 6 heteroatoms. The van der Waals surface area contributed by atoms with Gasteiger partial charge in [0.2, 0.25) is 0 Å². The fraction of sp³-hybridized carbons (Fsp3) is 0. The van der Waals surface area contributed by atoms with E-state index in [4.69, 9.17) is 11.6 Å². The number of rotatable bonds is 1. The fourth-order valence-electron chi connectivity index (χ4n) is 2.16. The van der Waals surface area contributed by atoms with Crippen LogP contribution in [0.2, 0.25) is 5.02 Å². The molecule has 1 amide bonds. The molecule has 1 aliphatic heterocycles. The van der Waals surface area contributed by atoms with Gasteiger partial charge in [-0.1, -0.05) is 27.5 Å². The van der Waals surface area contributed by atoms with Crippen molar-refractivity contribution < 1.29 is 9.90 Å². The first-order valence-electron chi connectivity index (χ1n) is 5.96. The number of aromatic hydroxyl groups is 1. The molecular formula is C15H8Br2ClNO2. The number of benzene rings is 2. The topological polar surface area (TPSA) is 49.3 Å². The van der Waals surface area contributed by atoms with E-state index in [9.17, 15) is 9.90 Å². The number of nitrogens with one attached hydrogen (secondary N) is 1. The Labute approximate surface area is 142 Å². The Hall–Kier alpha value is -1.30. The molecular weight excluding hydrogens is 421 g/mol. The molecule has 0 spiro atoms. The summed E-state index contributed by atoms with van der Waals surface area (Å²) in [4.78, 5) is 12.2. The lowest BCUT2D eigenvalue weighted by Crippen LogP contribution is -2.03. The molecule has 0 aliphatic carbocycles. The van der Waals surface area contributed by atoms with Crippen molar-refractivity contribution >= 4 is 66.7 Å². The number of phenolic OH excluding ortho intramolecular Hbond substituents is 1. The minimum Gasteiger partial charge on any atom is -0.507 e. The highest BCUT2D eigenvalue weighted by Crippen LogP contribution is 2.41. The molecule has 0 bridgehead atoms. The van der Waals surface area contributed by atoms with Crippen molar-refractivity contribution in [2.24, 2.45) is 0 Å². The van der Waals surface area contributed by atoms with Gasteiger partial charge in [-0.3, -0.25) is 4.79 Å².